The summed E-state index contributed by atoms with van der Waals surface area (Å²) in [5, 5.41) is 8.65. The molecule has 16 nitrogen and oxygen atoms in total. The SMILES string of the molecule is CO[C@H]1CN(C)C(=O)[C@@H]2CC(CN2c2nc(N3C4C[C@@H]3C(=O)N(CC3CC3)C4)nc3c2cnn3-c2ccc(F)cc2F)Nc2cccc(n2)-c2nccc3nc(C)n(c23)C1. The number of piperazine rings is 1. The molecule has 5 atom stereocenters. The molecule has 5 fully saturated rings. The maximum Gasteiger partial charge on any atom is 0.245 e. The Bertz CT molecular complexity index is 2720. The summed E-state index contributed by atoms with van der Waals surface area (Å²) in [6.45, 7) is 4.30. The third kappa shape index (κ3) is 6.01. The number of aromatic nitrogens is 8. The van der Waals surface area contributed by atoms with Gasteiger partial charge in [0.25, 0.3) is 0 Å². The van der Waals surface area contributed by atoms with E-state index in [9.17, 15) is 14.0 Å². The second kappa shape index (κ2) is 13.9. The lowest BCUT2D eigenvalue weighted by Crippen LogP contribution is -2.72. The molecule has 5 aromatic heterocycles. The number of hydrogen-bond donors (Lipinski definition) is 1. The molecule has 18 heteroatoms. The van der Waals surface area contributed by atoms with E-state index in [1.165, 1.54) is 16.8 Å². The zero-order chi connectivity index (χ0) is 41.0. The number of ether oxygens (including phenoxy) is 1. The van der Waals surface area contributed by atoms with Gasteiger partial charge in [-0.1, -0.05) is 6.07 Å². The van der Waals surface area contributed by atoms with Gasteiger partial charge in [-0.3, -0.25) is 14.6 Å². The maximum atomic E-state index is 15.5. The topological polar surface area (TPSA) is 156 Å². The number of rotatable bonds is 6. The van der Waals surface area contributed by atoms with Crippen LogP contribution in [0, 0.1) is 24.5 Å². The van der Waals surface area contributed by atoms with E-state index in [-0.39, 0.29) is 41.8 Å². The van der Waals surface area contributed by atoms with Crippen LogP contribution in [0.15, 0.2) is 54.9 Å². The van der Waals surface area contributed by atoms with Gasteiger partial charge >= 0.3 is 0 Å². The zero-order valence-electron chi connectivity index (χ0n) is 33.4. The highest BCUT2D eigenvalue weighted by Gasteiger charge is 2.53. The number of imidazole rings is 1. The van der Waals surface area contributed by atoms with Gasteiger partial charge in [0.15, 0.2) is 11.5 Å². The first-order valence-electron chi connectivity index (χ1n) is 20.5. The number of carbonyl (C=O) groups excluding carboxylic acids is 2. The van der Waals surface area contributed by atoms with E-state index in [0.29, 0.717) is 72.8 Å². The van der Waals surface area contributed by atoms with Crippen LogP contribution < -0.4 is 15.1 Å². The van der Waals surface area contributed by atoms with Crippen LogP contribution in [0.4, 0.5) is 26.4 Å². The Hall–Kier alpha value is -6.30. The maximum absolute atomic E-state index is 15.5. The Kier molecular flexibility index (Phi) is 8.51. The minimum absolute atomic E-state index is 0.00453. The van der Waals surface area contributed by atoms with Crippen LogP contribution in [-0.4, -0.2) is 131 Å². The molecule has 6 bridgehead atoms. The van der Waals surface area contributed by atoms with Crippen LogP contribution in [0.2, 0.25) is 0 Å². The highest BCUT2D eigenvalue weighted by molar-refractivity contribution is 5.95. The number of nitrogens with one attached hydrogen (secondary N) is 1. The molecule has 2 amide bonds. The number of amides is 2. The number of nitrogens with zero attached hydrogens (tertiary/aromatic N) is 12. The normalized spacial score (nSPS) is 24.2. The van der Waals surface area contributed by atoms with Crippen molar-refractivity contribution in [1.29, 1.82) is 0 Å². The first-order valence-corrected chi connectivity index (χ1v) is 20.5. The fourth-order valence-corrected chi connectivity index (χ4v) is 9.60. The molecule has 60 heavy (non-hydrogen) atoms. The lowest BCUT2D eigenvalue weighted by Gasteiger charge is -2.55. The molecule has 1 N–H and O–H groups in total. The number of fused-ring (bicyclic) bond motifs is 8. The Morgan fingerprint density at radius 3 is 2.60 bits per heavy atom. The molecule has 0 spiro atoms. The minimum atomic E-state index is -0.812. The molecule has 0 radical (unpaired) electrons. The van der Waals surface area contributed by atoms with Crippen molar-refractivity contribution in [3.8, 4) is 17.1 Å². The third-order valence-electron chi connectivity index (χ3n) is 12.8. The summed E-state index contributed by atoms with van der Waals surface area (Å²) in [6, 6.07) is 9.51. The van der Waals surface area contributed by atoms with Gasteiger partial charge in [-0.05, 0) is 68.9 Å². The molecule has 2 unspecified atom stereocenters. The number of halogens is 2. The summed E-state index contributed by atoms with van der Waals surface area (Å²) in [6.07, 6.45) is 6.25. The first-order chi connectivity index (χ1) is 29.1. The molecule has 5 aliphatic heterocycles. The average molecular weight is 816 g/mol. The van der Waals surface area contributed by atoms with Crippen molar-refractivity contribution in [1.82, 2.24) is 49.1 Å². The van der Waals surface area contributed by atoms with Gasteiger partial charge in [-0.2, -0.15) is 15.1 Å². The predicted molar refractivity (Wildman–Crippen MR) is 218 cm³/mol. The Labute approximate surface area is 343 Å². The van der Waals surface area contributed by atoms with E-state index >= 15 is 4.39 Å². The molecule has 10 heterocycles. The van der Waals surface area contributed by atoms with Crippen LogP contribution in [0.25, 0.3) is 39.1 Å². The predicted octanol–water partition coefficient (Wildman–Crippen LogP) is 3.95. The van der Waals surface area contributed by atoms with Gasteiger partial charge in [0.1, 0.15) is 46.7 Å². The van der Waals surface area contributed by atoms with Gasteiger partial charge in [0.2, 0.25) is 17.8 Å². The Morgan fingerprint density at radius 1 is 0.933 bits per heavy atom. The van der Waals surface area contributed by atoms with Crippen molar-refractivity contribution in [2.45, 2.75) is 69.4 Å². The third-order valence-corrected chi connectivity index (χ3v) is 12.8. The highest BCUT2D eigenvalue weighted by atomic mass is 19.1. The Morgan fingerprint density at radius 2 is 1.80 bits per heavy atom. The number of methoxy groups -OCH3 is 1. The van der Waals surface area contributed by atoms with Gasteiger partial charge in [0.05, 0.1) is 47.0 Å². The quantitative estimate of drug-likeness (QED) is 0.259. The van der Waals surface area contributed by atoms with Crippen LogP contribution in [0.5, 0.6) is 0 Å². The number of pyridine rings is 2. The summed E-state index contributed by atoms with van der Waals surface area (Å²) in [5.74, 6) is 1.04. The number of benzene rings is 1. The zero-order valence-corrected chi connectivity index (χ0v) is 33.4. The molecule has 4 saturated heterocycles. The van der Waals surface area contributed by atoms with Gasteiger partial charge in [-0.25, -0.2) is 23.4 Å². The first kappa shape index (κ1) is 36.8. The van der Waals surface area contributed by atoms with Crippen molar-refractivity contribution in [2.24, 2.45) is 5.92 Å². The van der Waals surface area contributed by atoms with E-state index < -0.39 is 29.8 Å². The van der Waals surface area contributed by atoms with Crippen LogP contribution in [0.1, 0.15) is 31.5 Å². The molecule has 12 rings (SSSR count). The smallest absolute Gasteiger partial charge is 0.245 e. The standard InChI is InChI=1S/C42H43F2N13O3/c1-22-47-31-11-12-45-36-30-5-4-6-35(49-30)48-25-14-33(40(58)52(2)20-27(60-3)21-54(22)37(31)36)55(18-25)38-28-16-46-57(32-10-9-24(43)13-29(32)44)39(28)51-42(50-38)56-26-15-34(56)41(59)53(19-26)17-23-7-8-23/h4-6,9-13,16,23,25-27,33-34H,7-8,14-15,17-21H2,1-3H3,(H,48,49)/t25?,26?,27-,33-,34+/m0/s1. The fourth-order valence-electron chi connectivity index (χ4n) is 9.60. The number of hydrogen-bond acceptors (Lipinski definition) is 12. The second-order valence-electron chi connectivity index (χ2n) is 16.8. The number of anilines is 3. The molecule has 1 saturated carbocycles. The van der Waals surface area contributed by atoms with E-state index in [4.69, 9.17) is 29.7 Å². The largest absolute Gasteiger partial charge is 0.378 e. The van der Waals surface area contributed by atoms with Crippen molar-refractivity contribution in [3.05, 3.63) is 72.3 Å². The summed E-state index contributed by atoms with van der Waals surface area (Å²) < 4.78 is 39.0. The lowest BCUT2D eigenvalue weighted by molar-refractivity contribution is -0.140. The fraction of sp³-hybridized carbons (Fsp3) is 0.429. The van der Waals surface area contributed by atoms with Gasteiger partial charge in [-0.15, -0.1) is 0 Å². The highest BCUT2D eigenvalue weighted by Crippen LogP contribution is 2.42. The van der Waals surface area contributed by atoms with Crippen LogP contribution in [0.3, 0.4) is 0 Å². The number of likely N-dealkylation sites (N-methyl/N-ethyl adjacent to an activating group) is 1. The van der Waals surface area contributed by atoms with Crippen LogP contribution in [-0.2, 0) is 20.9 Å². The minimum Gasteiger partial charge on any atom is -0.378 e. The van der Waals surface area contributed by atoms with E-state index in [1.54, 1.807) is 31.5 Å². The van der Waals surface area contributed by atoms with Crippen molar-refractivity contribution < 1.29 is 23.1 Å². The Balaban J connectivity index is 1.02. The van der Waals surface area contributed by atoms with Crippen LogP contribution >= 0.6 is 0 Å². The number of carbonyl (C=O) groups is 2. The monoisotopic (exact) mass is 815 g/mol. The van der Waals surface area contributed by atoms with E-state index in [1.807, 2.05) is 45.9 Å². The molecular weight excluding hydrogens is 773 g/mol. The number of aryl methyl sites for hydroxylation is 1. The second-order valence-corrected chi connectivity index (χ2v) is 16.8. The summed E-state index contributed by atoms with van der Waals surface area (Å²) in [5.41, 5.74) is 3.26. The number of piperidine rings is 1. The van der Waals surface area contributed by atoms with Gasteiger partial charge in [0, 0.05) is 58.6 Å². The molecule has 6 aliphatic rings. The van der Waals surface area contributed by atoms with Crippen molar-refractivity contribution in [3.63, 3.8) is 0 Å². The average Bonchev–Trinajstić information content (AvgIpc) is 3.64. The summed E-state index contributed by atoms with van der Waals surface area (Å²) in [7, 11) is 3.41. The lowest BCUT2D eigenvalue weighted by atomic mass is 9.87. The van der Waals surface area contributed by atoms with Crippen molar-refractivity contribution >= 4 is 51.5 Å². The van der Waals surface area contributed by atoms with E-state index in [0.717, 1.165) is 42.3 Å². The molecular formula is C42H43F2N13O3. The molecule has 1 aliphatic carbocycles. The van der Waals surface area contributed by atoms with Gasteiger partial charge < -0.3 is 34.2 Å². The molecule has 308 valence electrons. The molecule has 1 aromatic carbocycles. The summed E-state index contributed by atoms with van der Waals surface area (Å²) in [4.78, 5) is 61.0. The van der Waals surface area contributed by atoms with Crippen molar-refractivity contribution in [2.75, 3.05) is 55.5 Å². The van der Waals surface area contributed by atoms with E-state index in [2.05, 4.69) is 15.0 Å². The summed E-state index contributed by atoms with van der Waals surface area (Å²) >= 11 is 0. The molecule has 6 aromatic rings.